The highest BCUT2D eigenvalue weighted by Crippen LogP contribution is 2.39. The van der Waals surface area contributed by atoms with Crippen LogP contribution in [-0.2, 0) is 4.79 Å². The van der Waals surface area contributed by atoms with Crippen LogP contribution >= 0.6 is 0 Å². The number of nitrogens with zero attached hydrogens (tertiary/aromatic N) is 2. The molecule has 156 valence electrons. The number of benzene rings is 1. The molecule has 0 aliphatic heterocycles. The van der Waals surface area contributed by atoms with Crippen LogP contribution in [0.3, 0.4) is 0 Å². The standard InChI is InChI=1S/C20H23F3N4O2/c1-2-15(24-18(28)13-8-10-14(11-9-13)20(21,22)23)16-19(29)25-17(27-26-16)12-6-4-3-5-7-12/h3-7,13-15H,2,8-11H2,1H3,(H,24,28)(H,25,27,29). The number of aromatic amines is 1. The third-order valence-electron chi connectivity index (χ3n) is 5.39. The van der Waals surface area contributed by atoms with E-state index in [0.29, 0.717) is 17.8 Å². The van der Waals surface area contributed by atoms with Crippen LogP contribution in [0.4, 0.5) is 13.2 Å². The molecule has 2 aromatic rings. The van der Waals surface area contributed by atoms with E-state index >= 15 is 0 Å². The first kappa shape index (κ1) is 21.0. The predicted octanol–water partition coefficient (Wildman–Crippen LogP) is 3.77. The van der Waals surface area contributed by atoms with Crippen molar-refractivity contribution in [2.45, 2.75) is 51.2 Å². The lowest BCUT2D eigenvalue weighted by Crippen LogP contribution is -2.39. The summed E-state index contributed by atoms with van der Waals surface area (Å²) in [5, 5.41) is 10.8. The fourth-order valence-corrected chi connectivity index (χ4v) is 3.64. The molecule has 1 unspecified atom stereocenters. The van der Waals surface area contributed by atoms with Gasteiger partial charge in [-0.2, -0.15) is 13.2 Å². The van der Waals surface area contributed by atoms with Crippen molar-refractivity contribution in [3.8, 4) is 11.4 Å². The van der Waals surface area contributed by atoms with Crippen molar-refractivity contribution in [2.75, 3.05) is 0 Å². The average Bonchev–Trinajstić information content (AvgIpc) is 2.72. The summed E-state index contributed by atoms with van der Waals surface area (Å²) < 4.78 is 38.4. The van der Waals surface area contributed by atoms with Crippen LogP contribution in [0.25, 0.3) is 11.4 Å². The number of hydrogen-bond acceptors (Lipinski definition) is 4. The van der Waals surface area contributed by atoms with Gasteiger partial charge in [-0.1, -0.05) is 37.3 Å². The maximum atomic E-state index is 12.8. The molecule has 9 heteroatoms. The lowest BCUT2D eigenvalue weighted by Gasteiger charge is -2.30. The van der Waals surface area contributed by atoms with Gasteiger partial charge in [-0.15, -0.1) is 10.2 Å². The molecule has 0 radical (unpaired) electrons. The van der Waals surface area contributed by atoms with Crippen LogP contribution in [-0.4, -0.2) is 27.3 Å². The van der Waals surface area contributed by atoms with Gasteiger partial charge in [-0.3, -0.25) is 9.59 Å². The first-order chi connectivity index (χ1) is 13.8. The number of amides is 1. The molecule has 1 atom stereocenters. The van der Waals surface area contributed by atoms with Gasteiger partial charge >= 0.3 is 6.18 Å². The molecule has 29 heavy (non-hydrogen) atoms. The fourth-order valence-electron chi connectivity index (χ4n) is 3.64. The van der Waals surface area contributed by atoms with Crippen LogP contribution < -0.4 is 10.9 Å². The molecule has 1 heterocycles. The van der Waals surface area contributed by atoms with E-state index in [1.165, 1.54) is 0 Å². The minimum atomic E-state index is -4.21. The summed E-state index contributed by atoms with van der Waals surface area (Å²) in [6.07, 6.45) is -3.54. The molecule has 3 rings (SSSR count). The Morgan fingerprint density at radius 2 is 1.83 bits per heavy atom. The molecule has 6 nitrogen and oxygen atoms in total. The molecule has 0 bridgehead atoms. The van der Waals surface area contributed by atoms with Gasteiger partial charge in [-0.25, -0.2) is 0 Å². The maximum Gasteiger partial charge on any atom is 0.391 e. The Hall–Kier alpha value is -2.71. The van der Waals surface area contributed by atoms with Crippen LogP contribution in [0, 0.1) is 11.8 Å². The number of halogens is 3. The molecule has 2 N–H and O–H groups in total. The summed E-state index contributed by atoms with van der Waals surface area (Å²) in [7, 11) is 0. The van der Waals surface area contributed by atoms with Crippen LogP contribution in [0.15, 0.2) is 35.1 Å². The van der Waals surface area contributed by atoms with Crippen molar-refractivity contribution in [1.82, 2.24) is 20.5 Å². The van der Waals surface area contributed by atoms with Gasteiger partial charge in [0.2, 0.25) is 5.91 Å². The zero-order valence-electron chi connectivity index (χ0n) is 16.0. The maximum absolute atomic E-state index is 12.8. The molecule has 0 spiro atoms. The van der Waals surface area contributed by atoms with Gasteiger partial charge < -0.3 is 10.3 Å². The molecule has 1 aliphatic rings. The third-order valence-corrected chi connectivity index (χ3v) is 5.39. The summed E-state index contributed by atoms with van der Waals surface area (Å²) in [5.41, 5.74) is 0.346. The second-order valence-electron chi connectivity index (χ2n) is 7.31. The van der Waals surface area contributed by atoms with E-state index in [9.17, 15) is 22.8 Å². The quantitative estimate of drug-likeness (QED) is 0.788. The number of rotatable bonds is 5. The average molecular weight is 408 g/mol. The van der Waals surface area contributed by atoms with Gasteiger partial charge in [0.25, 0.3) is 5.56 Å². The first-order valence-corrected chi connectivity index (χ1v) is 9.69. The smallest absolute Gasteiger partial charge is 0.347 e. The number of aromatic nitrogens is 3. The zero-order chi connectivity index (χ0) is 21.0. The number of nitrogens with one attached hydrogen (secondary N) is 2. The molecule has 1 aromatic carbocycles. The predicted molar refractivity (Wildman–Crippen MR) is 101 cm³/mol. The summed E-state index contributed by atoms with van der Waals surface area (Å²) >= 11 is 0. The van der Waals surface area contributed by atoms with E-state index in [0.717, 1.165) is 0 Å². The molecule has 1 fully saturated rings. The number of carbonyl (C=O) groups is 1. The topological polar surface area (TPSA) is 87.7 Å². The number of alkyl halides is 3. The van der Waals surface area contributed by atoms with Crippen LogP contribution in [0.5, 0.6) is 0 Å². The Morgan fingerprint density at radius 3 is 2.38 bits per heavy atom. The highest BCUT2D eigenvalue weighted by molar-refractivity contribution is 5.79. The summed E-state index contributed by atoms with van der Waals surface area (Å²) in [6, 6.07) is 8.39. The molecular formula is C20H23F3N4O2. The van der Waals surface area contributed by atoms with Gasteiger partial charge in [0.1, 0.15) is 0 Å². The van der Waals surface area contributed by atoms with Crippen LogP contribution in [0.1, 0.15) is 50.8 Å². The first-order valence-electron chi connectivity index (χ1n) is 9.69. The van der Waals surface area contributed by atoms with Crippen molar-refractivity contribution in [3.05, 3.63) is 46.4 Å². The van der Waals surface area contributed by atoms with E-state index in [4.69, 9.17) is 0 Å². The lowest BCUT2D eigenvalue weighted by molar-refractivity contribution is -0.184. The highest BCUT2D eigenvalue weighted by Gasteiger charge is 2.42. The van der Waals surface area contributed by atoms with Crippen molar-refractivity contribution in [3.63, 3.8) is 0 Å². The van der Waals surface area contributed by atoms with E-state index < -0.39 is 29.6 Å². The second-order valence-corrected chi connectivity index (χ2v) is 7.31. The lowest BCUT2D eigenvalue weighted by atomic mass is 9.81. The Bertz CT molecular complexity index is 891. The Morgan fingerprint density at radius 1 is 1.17 bits per heavy atom. The molecule has 0 saturated heterocycles. The monoisotopic (exact) mass is 408 g/mol. The van der Waals surface area contributed by atoms with Crippen molar-refractivity contribution in [1.29, 1.82) is 0 Å². The zero-order valence-corrected chi connectivity index (χ0v) is 16.0. The van der Waals surface area contributed by atoms with Gasteiger partial charge in [0, 0.05) is 11.5 Å². The van der Waals surface area contributed by atoms with Crippen molar-refractivity contribution < 1.29 is 18.0 Å². The van der Waals surface area contributed by atoms with Gasteiger partial charge in [0.05, 0.1) is 12.0 Å². The van der Waals surface area contributed by atoms with Crippen molar-refractivity contribution >= 4 is 5.91 Å². The SMILES string of the molecule is CCC(NC(=O)C1CCC(C(F)(F)F)CC1)c1nnc(-c2ccccc2)[nH]c1=O. The Balaban J connectivity index is 1.67. The van der Waals surface area contributed by atoms with Crippen LogP contribution in [0.2, 0.25) is 0 Å². The minimum Gasteiger partial charge on any atom is -0.347 e. The Kier molecular flexibility index (Phi) is 6.34. The summed E-state index contributed by atoms with van der Waals surface area (Å²) in [6.45, 7) is 1.79. The number of carbonyl (C=O) groups excluding carboxylic acids is 1. The molecule has 1 saturated carbocycles. The molecule has 1 aliphatic carbocycles. The number of H-pyrrole nitrogens is 1. The van der Waals surface area contributed by atoms with E-state index in [1.54, 1.807) is 19.1 Å². The van der Waals surface area contributed by atoms with E-state index in [1.807, 2.05) is 18.2 Å². The molecule has 1 aromatic heterocycles. The summed E-state index contributed by atoms with van der Waals surface area (Å²) in [4.78, 5) is 27.7. The highest BCUT2D eigenvalue weighted by atomic mass is 19.4. The fraction of sp³-hybridized carbons (Fsp3) is 0.500. The normalized spacial score (nSPS) is 20.8. The van der Waals surface area contributed by atoms with Crippen molar-refractivity contribution in [2.24, 2.45) is 11.8 Å². The Labute approximate surface area is 165 Å². The van der Waals surface area contributed by atoms with Gasteiger partial charge in [0.15, 0.2) is 11.5 Å². The third kappa shape index (κ3) is 5.02. The van der Waals surface area contributed by atoms with Gasteiger partial charge in [-0.05, 0) is 32.1 Å². The largest absolute Gasteiger partial charge is 0.391 e. The second kappa shape index (κ2) is 8.75. The van der Waals surface area contributed by atoms with E-state index in [2.05, 4.69) is 20.5 Å². The minimum absolute atomic E-state index is 0.0511. The van der Waals surface area contributed by atoms with E-state index in [-0.39, 0.29) is 37.3 Å². The summed E-state index contributed by atoms with van der Waals surface area (Å²) in [5.74, 6) is -1.84. The number of hydrogen-bond donors (Lipinski definition) is 2. The molecule has 1 amide bonds. The molecular weight excluding hydrogens is 385 g/mol.